The van der Waals surface area contributed by atoms with Gasteiger partial charge in [-0.15, -0.1) is 0 Å². The predicted molar refractivity (Wildman–Crippen MR) is 51.7 cm³/mol. The molecule has 0 aliphatic heterocycles. The Labute approximate surface area is 74.2 Å². The molecule has 11 heavy (non-hydrogen) atoms. The van der Waals surface area contributed by atoms with Gasteiger partial charge < -0.3 is 0 Å². The smallest absolute Gasteiger partial charge is 0.0621 e. The summed E-state index contributed by atoms with van der Waals surface area (Å²) in [6.07, 6.45) is 4.24. The Morgan fingerprint density at radius 3 is 2.73 bits per heavy atom. The summed E-state index contributed by atoms with van der Waals surface area (Å²) in [5.41, 5.74) is 0. The van der Waals surface area contributed by atoms with Gasteiger partial charge in [-0.05, 0) is 25.0 Å². The van der Waals surface area contributed by atoms with Gasteiger partial charge in [0.1, 0.15) is 0 Å². The molecule has 0 aromatic carbocycles. The summed E-state index contributed by atoms with van der Waals surface area (Å²) >= 11 is 2.02. The number of rotatable bonds is 6. The lowest BCUT2D eigenvalue weighted by molar-refractivity contribution is 0.823. The fraction of sp³-hybridized carbons (Fsp3) is 0.889. The first-order valence-electron chi connectivity index (χ1n) is 4.29. The van der Waals surface area contributed by atoms with Crippen LogP contribution in [-0.2, 0) is 0 Å². The maximum Gasteiger partial charge on any atom is 0.0621 e. The molecular weight excluding hydrogens is 154 g/mol. The van der Waals surface area contributed by atoms with E-state index in [4.69, 9.17) is 5.26 Å². The van der Waals surface area contributed by atoms with Gasteiger partial charge >= 0.3 is 0 Å². The summed E-state index contributed by atoms with van der Waals surface area (Å²) in [5.74, 6) is 1.22. The van der Waals surface area contributed by atoms with E-state index in [0.717, 1.165) is 18.1 Å². The van der Waals surface area contributed by atoms with E-state index in [1.54, 1.807) is 0 Å². The van der Waals surface area contributed by atoms with Gasteiger partial charge in [0.05, 0.1) is 6.07 Å². The van der Waals surface area contributed by atoms with Crippen molar-refractivity contribution in [3.05, 3.63) is 0 Å². The second-order valence-electron chi connectivity index (χ2n) is 2.70. The van der Waals surface area contributed by atoms with Crippen LogP contribution in [0.15, 0.2) is 0 Å². The summed E-state index contributed by atoms with van der Waals surface area (Å²) in [4.78, 5) is 0. The van der Waals surface area contributed by atoms with Gasteiger partial charge in [0, 0.05) is 11.7 Å². The molecule has 0 aromatic heterocycles. The zero-order valence-corrected chi connectivity index (χ0v) is 8.28. The van der Waals surface area contributed by atoms with Crippen molar-refractivity contribution in [1.82, 2.24) is 0 Å². The monoisotopic (exact) mass is 171 g/mol. The first-order valence-corrected chi connectivity index (χ1v) is 5.34. The van der Waals surface area contributed by atoms with E-state index in [1.165, 1.54) is 18.6 Å². The second kappa shape index (κ2) is 7.94. The fourth-order valence-electron chi connectivity index (χ4n) is 0.708. The Bertz CT molecular complexity index is 117. The largest absolute Gasteiger partial charge is 0.198 e. The highest BCUT2D eigenvalue weighted by molar-refractivity contribution is 7.99. The highest BCUT2D eigenvalue weighted by Crippen LogP contribution is 2.15. The first-order chi connectivity index (χ1) is 5.31. The van der Waals surface area contributed by atoms with E-state index in [9.17, 15) is 0 Å². The van der Waals surface area contributed by atoms with Crippen LogP contribution in [0.4, 0.5) is 0 Å². The molecule has 2 heteroatoms. The number of unbranched alkanes of at least 4 members (excludes halogenated alkanes) is 2. The maximum atomic E-state index is 8.26. The third-order valence-electron chi connectivity index (χ3n) is 1.66. The Balaban J connectivity index is 2.97. The molecule has 0 fully saturated rings. The molecule has 64 valence electrons. The highest BCUT2D eigenvalue weighted by atomic mass is 32.2. The van der Waals surface area contributed by atoms with E-state index in [2.05, 4.69) is 19.9 Å². The summed E-state index contributed by atoms with van der Waals surface area (Å²) in [6, 6.07) is 2.16. The highest BCUT2D eigenvalue weighted by Gasteiger charge is 1.97. The molecule has 0 saturated carbocycles. The SMILES string of the molecule is CCC(C)SCCCCC#N. The van der Waals surface area contributed by atoms with Gasteiger partial charge in [-0.25, -0.2) is 0 Å². The molecule has 0 amide bonds. The van der Waals surface area contributed by atoms with Crippen LogP contribution in [0.25, 0.3) is 0 Å². The minimum absolute atomic E-state index is 0.723. The fourth-order valence-corrected chi connectivity index (χ4v) is 1.72. The minimum Gasteiger partial charge on any atom is -0.198 e. The molecule has 1 unspecified atom stereocenters. The summed E-state index contributed by atoms with van der Waals surface area (Å²) in [7, 11) is 0. The molecule has 0 N–H and O–H groups in total. The Kier molecular flexibility index (Phi) is 7.83. The van der Waals surface area contributed by atoms with Gasteiger partial charge in [-0.2, -0.15) is 17.0 Å². The van der Waals surface area contributed by atoms with Gasteiger partial charge in [0.25, 0.3) is 0 Å². The van der Waals surface area contributed by atoms with Crippen molar-refractivity contribution in [2.24, 2.45) is 0 Å². The van der Waals surface area contributed by atoms with E-state index in [0.29, 0.717) is 0 Å². The summed E-state index contributed by atoms with van der Waals surface area (Å²) in [6.45, 7) is 4.47. The van der Waals surface area contributed by atoms with Crippen molar-refractivity contribution in [3.63, 3.8) is 0 Å². The van der Waals surface area contributed by atoms with Gasteiger partial charge in [-0.1, -0.05) is 13.8 Å². The van der Waals surface area contributed by atoms with E-state index < -0.39 is 0 Å². The van der Waals surface area contributed by atoms with Crippen LogP contribution in [0.5, 0.6) is 0 Å². The van der Waals surface area contributed by atoms with Crippen molar-refractivity contribution in [3.8, 4) is 6.07 Å². The second-order valence-corrected chi connectivity index (χ2v) is 4.25. The average molecular weight is 171 g/mol. The van der Waals surface area contributed by atoms with Crippen LogP contribution in [0.3, 0.4) is 0 Å². The standard InChI is InChI=1S/C9H17NS/c1-3-9(2)11-8-6-4-5-7-10/h9H,3-6,8H2,1-2H3. The maximum absolute atomic E-state index is 8.26. The van der Waals surface area contributed by atoms with Crippen molar-refractivity contribution < 1.29 is 0 Å². The number of hydrogen-bond donors (Lipinski definition) is 0. The van der Waals surface area contributed by atoms with E-state index in [1.807, 2.05) is 11.8 Å². The molecule has 1 nitrogen and oxygen atoms in total. The Morgan fingerprint density at radius 1 is 1.45 bits per heavy atom. The van der Waals surface area contributed by atoms with Crippen molar-refractivity contribution >= 4 is 11.8 Å². The first kappa shape index (κ1) is 10.8. The lowest BCUT2D eigenvalue weighted by Gasteiger charge is -2.06. The van der Waals surface area contributed by atoms with Crippen LogP contribution >= 0.6 is 11.8 Å². The molecule has 0 saturated heterocycles. The summed E-state index contributed by atoms with van der Waals surface area (Å²) < 4.78 is 0. The zero-order chi connectivity index (χ0) is 8.53. The molecular formula is C9H17NS. The predicted octanol–water partition coefficient (Wildman–Crippen LogP) is 3.21. The van der Waals surface area contributed by atoms with Crippen molar-refractivity contribution in [2.45, 2.75) is 44.8 Å². The topological polar surface area (TPSA) is 23.8 Å². The van der Waals surface area contributed by atoms with Crippen LogP contribution in [0, 0.1) is 11.3 Å². The van der Waals surface area contributed by atoms with Crippen LogP contribution in [0.1, 0.15) is 39.5 Å². The third kappa shape index (κ3) is 7.74. The quantitative estimate of drug-likeness (QED) is 0.573. The molecule has 0 rings (SSSR count). The molecule has 1 atom stereocenters. The van der Waals surface area contributed by atoms with E-state index >= 15 is 0 Å². The van der Waals surface area contributed by atoms with Crippen LogP contribution in [0.2, 0.25) is 0 Å². The minimum atomic E-state index is 0.723. The molecule has 0 bridgehead atoms. The molecule has 0 spiro atoms. The average Bonchev–Trinajstić information content (AvgIpc) is 2.04. The van der Waals surface area contributed by atoms with Gasteiger partial charge in [-0.3, -0.25) is 0 Å². The van der Waals surface area contributed by atoms with Gasteiger partial charge in [0.15, 0.2) is 0 Å². The number of thioether (sulfide) groups is 1. The summed E-state index contributed by atoms with van der Waals surface area (Å²) in [5, 5.41) is 9.05. The molecule has 0 aliphatic carbocycles. The van der Waals surface area contributed by atoms with Crippen LogP contribution in [-0.4, -0.2) is 11.0 Å². The molecule has 0 heterocycles. The Hall–Kier alpha value is -0.160. The molecule has 0 aromatic rings. The number of hydrogen-bond acceptors (Lipinski definition) is 2. The molecule has 0 aliphatic rings. The van der Waals surface area contributed by atoms with Gasteiger partial charge in [0.2, 0.25) is 0 Å². The van der Waals surface area contributed by atoms with Crippen molar-refractivity contribution in [1.29, 1.82) is 5.26 Å². The number of nitrogens with zero attached hydrogens (tertiary/aromatic N) is 1. The normalized spacial score (nSPS) is 12.5. The lowest BCUT2D eigenvalue weighted by Crippen LogP contribution is -1.94. The van der Waals surface area contributed by atoms with Crippen LogP contribution < -0.4 is 0 Å². The van der Waals surface area contributed by atoms with E-state index in [-0.39, 0.29) is 0 Å². The van der Waals surface area contributed by atoms with Crippen molar-refractivity contribution in [2.75, 3.05) is 5.75 Å². The lowest BCUT2D eigenvalue weighted by atomic mass is 10.3. The zero-order valence-electron chi connectivity index (χ0n) is 7.47. The third-order valence-corrected chi connectivity index (χ3v) is 3.09. The number of nitriles is 1. The Morgan fingerprint density at radius 2 is 2.18 bits per heavy atom. The molecule has 0 radical (unpaired) electrons.